The number of nitrogens with one attached hydrogen (secondary N) is 1. The summed E-state index contributed by atoms with van der Waals surface area (Å²) in [6, 6.07) is 4.19. The quantitative estimate of drug-likeness (QED) is 0.922. The highest BCUT2D eigenvalue weighted by atomic mass is 32.1. The van der Waals surface area contributed by atoms with Crippen molar-refractivity contribution in [1.82, 2.24) is 20.1 Å². The molecule has 1 saturated carbocycles. The highest BCUT2D eigenvalue weighted by Crippen LogP contribution is 2.41. The normalized spacial score (nSPS) is 18.8. The van der Waals surface area contributed by atoms with E-state index in [1.807, 2.05) is 13.0 Å². The minimum absolute atomic E-state index is 0.0352. The van der Waals surface area contributed by atoms with E-state index in [0.29, 0.717) is 6.54 Å². The van der Waals surface area contributed by atoms with Gasteiger partial charge in [0, 0.05) is 10.9 Å². The second-order valence-electron chi connectivity index (χ2n) is 6.11. The van der Waals surface area contributed by atoms with Crippen LogP contribution in [0.5, 0.6) is 0 Å². The number of amides is 1. The summed E-state index contributed by atoms with van der Waals surface area (Å²) in [4.78, 5) is 18.2. The molecule has 2 aromatic heterocycles. The summed E-state index contributed by atoms with van der Waals surface area (Å²) in [7, 11) is 0. The van der Waals surface area contributed by atoms with Crippen LogP contribution in [-0.2, 0) is 16.8 Å². The molecule has 0 spiro atoms. The lowest BCUT2D eigenvalue weighted by Gasteiger charge is -2.36. The van der Waals surface area contributed by atoms with Gasteiger partial charge in [0.25, 0.3) is 0 Å². The van der Waals surface area contributed by atoms with Gasteiger partial charge in [-0.05, 0) is 31.2 Å². The van der Waals surface area contributed by atoms with E-state index in [9.17, 15) is 4.79 Å². The molecule has 2 heterocycles. The van der Waals surface area contributed by atoms with Crippen molar-refractivity contribution >= 4 is 17.2 Å². The van der Waals surface area contributed by atoms with Gasteiger partial charge in [-0.25, -0.2) is 4.98 Å². The first-order valence-corrected chi connectivity index (χ1v) is 8.76. The molecule has 2 aromatic rings. The van der Waals surface area contributed by atoms with Crippen LogP contribution in [0.15, 0.2) is 30.2 Å². The van der Waals surface area contributed by atoms with E-state index in [2.05, 4.69) is 26.8 Å². The van der Waals surface area contributed by atoms with Gasteiger partial charge in [0.1, 0.15) is 12.7 Å². The monoisotopic (exact) mass is 318 g/mol. The van der Waals surface area contributed by atoms with E-state index >= 15 is 0 Å². The first-order chi connectivity index (χ1) is 10.7. The van der Waals surface area contributed by atoms with Gasteiger partial charge in [0.05, 0.1) is 12.0 Å². The lowest BCUT2D eigenvalue weighted by Crippen LogP contribution is -2.49. The van der Waals surface area contributed by atoms with E-state index < -0.39 is 0 Å². The third-order valence-electron chi connectivity index (χ3n) is 4.44. The Morgan fingerprint density at radius 1 is 1.45 bits per heavy atom. The van der Waals surface area contributed by atoms with E-state index in [1.165, 1.54) is 17.6 Å². The summed E-state index contributed by atoms with van der Waals surface area (Å²) in [5, 5.41) is 9.36. The van der Waals surface area contributed by atoms with E-state index in [1.54, 1.807) is 22.3 Å². The molecule has 6 heteroatoms. The molecule has 5 nitrogen and oxygen atoms in total. The lowest BCUT2D eigenvalue weighted by molar-refractivity contribution is -0.128. The van der Waals surface area contributed by atoms with Crippen LogP contribution in [0, 0.1) is 0 Å². The minimum Gasteiger partial charge on any atom is -0.351 e. The highest BCUT2D eigenvalue weighted by molar-refractivity contribution is 7.10. The van der Waals surface area contributed by atoms with Crippen molar-refractivity contribution in [2.75, 3.05) is 0 Å². The Morgan fingerprint density at radius 2 is 2.27 bits per heavy atom. The van der Waals surface area contributed by atoms with Gasteiger partial charge in [0.15, 0.2) is 0 Å². The number of hydrogen-bond donors (Lipinski definition) is 1. The van der Waals surface area contributed by atoms with Crippen LogP contribution in [0.2, 0.25) is 0 Å². The molecule has 1 aliphatic rings. The molecule has 22 heavy (non-hydrogen) atoms. The maximum Gasteiger partial charge on any atom is 0.231 e. The maximum absolute atomic E-state index is 13.0. The largest absolute Gasteiger partial charge is 0.351 e. The zero-order valence-electron chi connectivity index (χ0n) is 12.9. The van der Waals surface area contributed by atoms with Crippen molar-refractivity contribution < 1.29 is 4.79 Å². The number of aromatic nitrogens is 3. The van der Waals surface area contributed by atoms with Crippen LogP contribution in [0.1, 0.15) is 43.9 Å². The van der Waals surface area contributed by atoms with Gasteiger partial charge in [-0.2, -0.15) is 5.10 Å². The fourth-order valence-electron chi connectivity index (χ4n) is 3.31. The average Bonchev–Trinajstić information content (AvgIpc) is 3.21. The topological polar surface area (TPSA) is 59.8 Å². The van der Waals surface area contributed by atoms with Gasteiger partial charge in [-0.15, -0.1) is 11.3 Å². The number of carbonyl (C=O) groups excluding carboxylic acids is 1. The van der Waals surface area contributed by atoms with Crippen LogP contribution < -0.4 is 5.32 Å². The number of rotatable bonds is 5. The summed E-state index contributed by atoms with van der Waals surface area (Å²) in [6.07, 6.45) is 8.59. The van der Waals surface area contributed by atoms with Crippen LogP contribution in [-0.4, -0.2) is 26.7 Å². The van der Waals surface area contributed by atoms with Gasteiger partial charge < -0.3 is 5.32 Å². The van der Waals surface area contributed by atoms with E-state index in [0.717, 1.165) is 25.7 Å². The molecule has 1 fully saturated rings. The van der Waals surface area contributed by atoms with Crippen molar-refractivity contribution in [1.29, 1.82) is 0 Å². The van der Waals surface area contributed by atoms with Crippen molar-refractivity contribution in [3.63, 3.8) is 0 Å². The Morgan fingerprint density at radius 3 is 2.91 bits per heavy atom. The first-order valence-electron chi connectivity index (χ1n) is 7.88. The van der Waals surface area contributed by atoms with Crippen molar-refractivity contribution in [3.8, 4) is 0 Å². The fraction of sp³-hybridized carbons (Fsp3) is 0.562. The third kappa shape index (κ3) is 3.06. The molecule has 0 radical (unpaired) electrons. The summed E-state index contributed by atoms with van der Waals surface area (Å²) in [5.74, 6) is 0.169. The van der Waals surface area contributed by atoms with E-state index in [-0.39, 0.29) is 17.4 Å². The SMILES string of the molecule is CC(Cn1cncn1)NC(=O)C1(c2cccs2)CCCCC1. The van der Waals surface area contributed by atoms with Crippen molar-refractivity contribution in [2.45, 2.75) is 57.0 Å². The molecular formula is C16H22N4OS. The van der Waals surface area contributed by atoms with Gasteiger partial charge >= 0.3 is 0 Å². The van der Waals surface area contributed by atoms with Crippen LogP contribution in [0.4, 0.5) is 0 Å². The van der Waals surface area contributed by atoms with E-state index in [4.69, 9.17) is 0 Å². The molecule has 1 aliphatic carbocycles. The van der Waals surface area contributed by atoms with Gasteiger partial charge in [0.2, 0.25) is 5.91 Å². The first kappa shape index (κ1) is 15.2. The molecular weight excluding hydrogens is 296 g/mol. The lowest BCUT2D eigenvalue weighted by atomic mass is 9.72. The molecule has 0 bridgehead atoms. The third-order valence-corrected chi connectivity index (χ3v) is 5.51. The minimum atomic E-state index is -0.330. The predicted molar refractivity (Wildman–Crippen MR) is 86.7 cm³/mol. The van der Waals surface area contributed by atoms with Crippen molar-refractivity contribution in [2.24, 2.45) is 0 Å². The Kier molecular flexibility index (Phi) is 4.57. The van der Waals surface area contributed by atoms with Gasteiger partial charge in [-0.3, -0.25) is 9.48 Å². The standard InChI is InChI=1S/C16H22N4OS/c1-13(10-20-12-17-11-18-20)19-15(21)16(7-3-2-4-8-16)14-6-5-9-22-14/h5-6,9,11-13H,2-4,7-8,10H2,1H3,(H,19,21). The average molecular weight is 318 g/mol. The zero-order valence-corrected chi connectivity index (χ0v) is 13.7. The smallest absolute Gasteiger partial charge is 0.231 e. The molecule has 0 aliphatic heterocycles. The molecule has 1 N–H and O–H groups in total. The van der Waals surface area contributed by atoms with Crippen LogP contribution in [0.3, 0.4) is 0 Å². The predicted octanol–water partition coefficient (Wildman–Crippen LogP) is 2.75. The summed E-state index contributed by atoms with van der Waals surface area (Å²) >= 11 is 1.70. The molecule has 1 amide bonds. The Labute approximate surface area is 134 Å². The molecule has 0 saturated heterocycles. The number of nitrogens with zero attached hydrogens (tertiary/aromatic N) is 3. The fourth-order valence-corrected chi connectivity index (χ4v) is 4.29. The molecule has 0 aromatic carbocycles. The second kappa shape index (κ2) is 6.60. The van der Waals surface area contributed by atoms with Crippen LogP contribution in [0.25, 0.3) is 0 Å². The summed E-state index contributed by atoms with van der Waals surface area (Å²) in [5.41, 5.74) is -0.330. The van der Waals surface area contributed by atoms with Crippen LogP contribution >= 0.6 is 11.3 Å². The second-order valence-corrected chi connectivity index (χ2v) is 7.06. The number of thiophene rings is 1. The molecule has 118 valence electrons. The Balaban J connectivity index is 1.72. The number of carbonyl (C=O) groups is 1. The zero-order chi connectivity index (χ0) is 15.4. The highest BCUT2D eigenvalue weighted by Gasteiger charge is 2.42. The summed E-state index contributed by atoms with van der Waals surface area (Å²) in [6.45, 7) is 2.66. The molecule has 3 rings (SSSR count). The Bertz CT molecular complexity index is 588. The van der Waals surface area contributed by atoms with Gasteiger partial charge in [-0.1, -0.05) is 25.3 Å². The Hall–Kier alpha value is -1.69. The number of hydrogen-bond acceptors (Lipinski definition) is 4. The summed E-state index contributed by atoms with van der Waals surface area (Å²) < 4.78 is 1.75. The van der Waals surface area contributed by atoms with Crippen molar-refractivity contribution in [3.05, 3.63) is 35.0 Å². The molecule has 1 atom stereocenters. The molecule has 1 unspecified atom stereocenters. The maximum atomic E-state index is 13.0.